The topological polar surface area (TPSA) is 82.2 Å². The molecule has 11 heteroatoms. The summed E-state index contributed by atoms with van der Waals surface area (Å²) in [5, 5.41) is 18.5. The highest BCUT2D eigenvalue weighted by Gasteiger charge is 2.38. The summed E-state index contributed by atoms with van der Waals surface area (Å²) in [5.41, 5.74) is 2.89. The molecule has 0 aliphatic carbocycles. The van der Waals surface area contributed by atoms with Crippen LogP contribution in [0, 0.1) is 13.8 Å². The summed E-state index contributed by atoms with van der Waals surface area (Å²) in [6, 6.07) is 9.22. The van der Waals surface area contributed by atoms with Crippen LogP contribution in [-0.2, 0) is 12.7 Å². The molecule has 0 atom stereocenters. The van der Waals surface area contributed by atoms with Crippen LogP contribution < -0.4 is 10.1 Å². The maximum Gasteiger partial charge on any atom is 0.453 e. The summed E-state index contributed by atoms with van der Waals surface area (Å²) in [4.78, 5) is 0. The summed E-state index contributed by atoms with van der Waals surface area (Å²) < 4.78 is 47.1. The molecule has 1 N–H and O–H groups in total. The molecule has 0 amide bonds. The van der Waals surface area contributed by atoms with E-state index in [1.807, 2.05) is 30.3 Å². The summed E-state index contributed by atoms with van der Waals surface area (Å²) >= 11 is 0. The van der Waals surface area contributed by atoms with Gasteiger partial charge in [-0.15, -0.1) is 15.3 Å². The second kappa shape index (κ2) is 7.32. The predicted molar refractivity (Wildman–Crippen MR) is 103 cm³/mol. The minimum atomic E-state index is -4.65. The zero-order valence-electron chi connectivity index (χ0n) is 16.4. The Balaban J connectivity index is 1.58. The molecule has 3 heterocycles. The maximum atomic E-state index is 13.2. The van der Waals surface area contributed by atoms with Crippen LogP contribution in [0.4, 0.5) is 19.0 Å². The predicted octanol–water partition coefficient (Wildman–Crippen LogP) is 3.57. The molecule has 30 heavy (non-hydrogen) atoms. The van der Waals surface area contributed by atoms with Crippen molar-refractivity contribution >= 4 is 11.5 Å². The standard InChI is InChI=1S/C19H18F3N7O/c1-11-12(2)17-24-25-18(19(20,21)22)29(17)27-16(11)23-10-13-8-9-28(26-13)14-4-6-15(30-3)7-5-14/h4-9H,10H2,1-3H3,(H,23,27). The van der Waals surface area contributed by atoms with Crippen LogP contribution >= 0.6 is 0 Å². The van der Waals surface area contributed by atoms with Gasteiger partial charge in [0.25, 0.3) is 5.82 Å². The third-order valence-corrected chi connectivity index (χ3v) is 4.77. The molecule has 0 aliphatic heterocycles. The zero-order valence-corrected chi connectivity index (χ0v) is 16.4. The van der Waals surface area contributed by atoms with Crippen molar-refractivity contribution in [1.82, 2.24) is 29.6 Å². The molecule has 0 fully saturated rings. The number of hydrogen-bond acceptors (Lipinski definition) is 6. The smallest absolute Gasteiger partial charge is 0.453 e. The highest BCUT2D eigenvalue weighted by molar-refractivity contribution is 5.58. The number of fused-ring (bicyclic) bond motifs is 1. The Morgan fingerprint density at radius 2 is 1.73 bits per heavy atom. The minimum absolute atomic E-state index is 0.0779. The largest absolute Gasteiger partial charge is 0.497 e. The molecule has 0 spiro atoms. The van der Waals surface area contributed by atoms with Crippen LogP contribution in [0.1, 0.15) is 22.6 Å². The van der Waals surface area contributed by atoms with E-state index in [2.05, 4.69) is 25.7 Å². The number of rotatable bonds is 5. The first kappa shape index (κ1) is 19.7. The van der Waals surface area contributed by atoms with Crippen molar-refractivity contribution in [2.24, 2.45) is 0 Å². The fraction of sp³-hybridized carbons (Fsp3) is 0.263. The number of ether oxygens (including phenoxy) is 1. The normalized spacial score (nSPS) is 11.8. The number of benzene rings is 1. The van der Waals surface area contributed by atoms with Crippen molar-refractivity contribution in [1.29, 1.82) is 0 Å². The highest BCUT2D eigenvalue weighted by Crippen LogP contribution is 2.29. The third-order valence-electron chi connectivity index (χ3n) is 4.77. The Morgan fingerprint density at radius 1 is 1.00 bits per heavy atom. The van der Waals surface area contributed by atoms with E-state index in [-0.39, 0.29) is 12.2 Å². The molecule has 0 bridgehead atoms. The number of halogens is 3. The van der Waals surface area contributed by atoms with Gasteiger partial charge in [-0.1, -0.05) is 0 Å². The number of alkyl halides is 3. The summed E-state index contributed by atoms with van der Waals surface area (Å²) in [6.45, 7) is 3.73. The number of nitrogens with one attached hydrogen (secondary N) is 1. The molecule has 4 aromatic rings. The molecule has 156 valence electrons. The van der Waals surface area contributed by atoms with Gasteiger partial charge in [0.2, 0.25) is 0 Å². The van der Waals surface area contributed by atoms with Crippen molar-refractivity contribution < 1.29 is 17.9 Å². The van der Waals surface area contributed by atoms with Crippen molar-refractivity contribution in [3.05, 3.63) is 59.2 Å². The van der Waals surface area contributed by atoms with Gasteiger partial charge in [-0.2, -0.15) is 22.8 Å². The van der Waals surface area contributed by atoms with Gasteiger partial charge >= 0.3 is 6.18 Å². The summed E-state index contributed by atoms with van der Waals surface area (Å²) in [7, 11) is 1.60. The molecule has 3 aromatic heterocycles. The fourth-order valence-corrected chi connectivity index (χ4v) is 2.98. The van der Waals surface area contributed by atoms with E-state index in [0.717, 1.165) is 16.0 Å². The van der Waals surface area contributed by atoms with E-state index < -0.39 is 12.0 Å². The second-order valence-electron chi connectivity index (χ2n) is 6.66. The van der Waals surface area contributed by atoms with E-state index in [1.165, 1.54) is 0 Å². The van der Waals surface area contributed by atoms with E-state index in [1.54, 1.807) is 31.8 Å². The lowest BCUT2D eigenvalue weighted by Crippen LogP contribution is -2.15. The van der Waals surface area contributed by atoms with Gasteiger partial charge in [0.1, 0.15) is 5.75 Å². The Bertz CT molecular complexity index is 1200. The van der Waals surface area contributed by atoms with Crippen molar-refractivity contribution in [3.8, 4) is 11.4 Å². The lowest BCUT2D eigenvalue weighted by molar-refractivity contribution is -0.146. The average molecular weight is 417 g/mol. The first-order valence-corrected chi connectivity index (χ1v) is 9.00. The molecule has 4 rings (SSSR count). The van der Waals surface area contributed by atoms with E-state index >= 15 is 0 Å². The van der Waals surface area contributed by atoms with E-state index in [0.29, 0.717) is 22.6 Å². The number of anilines is 1. The number of nitrogens with zero attached hydrogens (tertiary/aromatic N) is 6. The first-order chi connectivity index (χ1) is 14.3. The van der Waals surface area contributed by atoms with Crippen molar-refractivity contribution in [2.45, 2.75) is 26.6 Å². The Kier molecular flexibility index (Phi) is 4.80. The summed E-state index contributed by atoms with van der Waals surface area (Å²) in [6.07, 6.45) is -2.85. The molecule has 0 aliphatic rings. The van der Waals surface area contributed by atoms with Crippen LogP contribution in [0.5, 0.6) is 5.75 Å². The van der Waals surface area contributed by atoms with Gasteiger partial charge in [-0.3, -0.25) is 0 Å². The lowest BCUT2D eigenvalue weighted by Gasteiger charge is -2.12. The molecule has 0 saturated heterocycles. The van der Waals surface area contributed by atoms with Gasteiger partial charge in [0, 0.05) is 11.8 Å². The lowest BCUT2D eigenvalue weighted by atomic mass is 10.2. The van der Waals surface area contributed by atoms with E-state index in [9.17, 15) is 13.2 Å². The van der Waals surface area contributed by atoms with Crippen molar-refractivity contribution in [2.75, 3.05) is 12.4 Å². The molecular formula is C19H18F3N7O. The zero-order chi connectivity index (χ0) is 21.5. The quantitative estimate of drug-likeness (QED) is 0.535. The minimum Gasteiger partial charge on any atom is -0.497 e. The van der Waals surface area contributed by atoms with E-state index in [4.69, 9.17) is 4.74 Å². The summed E-state index contributed by atoms with van der Waals surface area (Å²) in [5.74, 6) is -0.107. The SMILES string of the molecule is COc1ccc(-n2ccc(CNc3nn4c(C(F)(F)F)nnc4c(C)c3C)n2)cc1. The molecule has 1 aromatic carbocycles. The molecule has 0 unspecified atom stereocenters. The van der Waals surface area contributed by atoms with Crippen molar-refractivity contribution in [3.63, 3.8) is 0 Å². The maximum absolute atomic E-state index is 13.2. The Hall–Kier alpha value is -3.63. The third kappa shape index (κ3) is 3.53. The molecule has 0 radical (unpaired) electrons. The van der Waals surface area contributed by atoms with Crippen LogP contribution in [-0.4, -0.2) is 36.7 Å². The number of hydrogen-bond donors (Lipinski definition) is 1. The van der Waals surface area contributed by atoms with Crippen LogP contribution in [0.25, 0.3) is 11.3 Å². The molecule has 0 saturated carbocycles. The number of aryl methyl sites for hydroxylation is 1. The average Bonchev–Trinajstić information content (AvgIpc) is 3.36. The molecule has 8 nitrogen and oxygen atoms in total. The second-order valence-corrected chi connectivity index (χ2v) is 6.66. The van der Waals surface area contributed by atoms with Gasteiger partial charge in [0.15, 0.2) is 11.5 Å². The van der Waals surface area contributed by atoms with Crippen LogP contribution in [0.2, 0.25) is 0 Å². The fourth-order valence-electron chi connectivity index (χ4n) is 2.98. The number of methoxy groups -OCH3 is 1. The van der Waals surface area contributed by atoms with Gasteiger partial charge in [-0.25, -0.2) is 4.68 Å². The van der Waals surface area contributed by atoms with Gasteiger partial charge in [0.05, 0.1) is 25.0 Å². The van der Waals surface area contributed by atoms with Crippen LogP contribution in [0.15, 0.2) is 36.5 Å². The number of aromatic nitrogens is 6. The van der Waals surface area contributed by atoms with Gasteiger partial charge < -0.3 is 10.1 Å². The van der Waals surface area contributed by atoms with Crippen LogP contribution in [0.3, 0.4) is 0 Å². The monoisotopic (exact) mass is 417 g/mol. The van der Waals surface area contributed by atoms with Gasteiger partial charge in [-0.05, 0) is 49.7 Å². The first-order valence-electron chi connectivity index (χ1n) is 9.00. The Morgan fingerprint density at radius 3 is 2.40 bits per heavy atom. The Labute approximate surface area is 169 Å². The molecular weight excluding hydrogens is 399 g/mol. The highest BCUT2D eigenvalue weighted by atomic mass is 19.4.